The smallest absolute Gasteiger partial charge is 0.416 e. The Kier molecular flexibility index (Phi) is 6.56. The van der Waals surface area contributed by atoms with Gasteiger partial charge in [0.25, 0.3) is 0 Å². The Morgan fingerprint density at radius 2 is 2.05 bits per heavy atom. The molecule has 13 heteroatoms. The molecule has 194 valence electrons. The highest BCUT2D eigenvalue weighted by atomic mass is 19.4. The number of halogens is 3. The Morgan fingerprint density at radius 1 is 1.22 bits per heavy atom. The number of hydrogen-bond acceptors (Lipinski definition) is 8. The molecule has 10 nitrogen and oxygen atoms in total. The number of rotatable bonds is 6. The molecule has 1 unspecified atom stereocenters. The summed E-state index contributed by atoms with van der Waals surface area (Å²) in [5.41, 5.74) is 0.527. The van der Waals surface area contributed by atoms with Gasteiger partial charge in [-0.05, 0) is 36.8 Å². The first-order valence-corrected chi connectivity index (χ1v) is 11.5. The number of urea groups is 1. The largest absolute Gasteiger partial charge is 0.461 e. The number of nitrogens with one attached hydrogen (secondary N) is 1. The zero-order valence-corrected chi connectivity index (χ0v) is 19.4. The van der Waals surface area contributed by atoms with Crippen LogP contribution >= 0.6 is 0 Å². The van der Waals surface area contributed by atoms with Crippen molar-refractivity contribution in [3.63, 3.8) is 0 Å². The molecular formula is C24H23F3N6O4. The molecule has 1 fully saturated rings. The van der Waals surface area contributed by atoms with Crippen LogP contribution in [0.1, 0.15) is 12.0 Å². The van der Waals surface area contributed by atoms with Gasteiger partial charge in [-0.25, -0.2) is 14.8 Å². The fraction of sp³-hybridized carbons (Fsp3) is 0.333. The highest BCUT2D eigenvalue weighted by Crippen LogP contribution is 2.41. The molecule has 2 bridgehead atoms. The molecular weight excluding hydrogens is 493 g/mol. The predicted molar refractivity (Wildman–Crippen MR) is 127 cm³/mol. The van der Waals surface area contributed by atoms with E-state index in [-0.39, 0.29) is 30.0 Å². The molecule has 37 heavy (non-hydrogen) atoms. The molecule has 4 heterocycles. The summed E-state index contributed by atoms with van der Waals surface area (Å²) in [6, 6.07) is 8.99. The van der Waals surface area contributed by atoms with Crippen molar-refractivity contribution < 1.29 is 32.9 Å². The molecule has 1 aromatic carbocycles. The van der Waals surface area contributed by atoms with E-state index < -0.39 is 30.5 Å². The quantitative estimate of drug-likeness (QED) is 0.457. The zero-order chi connectivity index (χ0) is 26.2. The van der Waals surface area contributed by atoms with Gasteiger partial charge < -0.3 is 19.8 Å². The first kappa shape index (κ1) is 24.7. The number of hydrogen-bond donors (Lipinski definition) is 3. The van der Waals surface area contributed by atoms with E-state index in [2.05, 4.69) is 25.2 Å². The number of amides is 2. The Hall–Kier alpha value is -3.97. The van der Waals surface area contributed by atoms with Gasteiger partial charge in [-0.1, -0.05) is 12.1 Å². The van der Waals surface area contributed by atoms with Crippen molar-refractivity contribution in [2.75, 3.05) is 41.4 Å². The topological polar surface area (TPSA) is 124 Å². The normalized spacial score (nSPS) is 17.4. The van der Waals surface area contributed by atoms with Crippen LogP contribution in [0.15, 0.2) is 48.7 Å². The van der Waals surface area contributed by atoms with E-state index >= 15 is 0 Å². The van der Waals surface area contributed by atoms with Crippen LogP contribution in [-0.2, 0) is 6.18 Å². The highest BCUT2D eigenvalue weighted by Gasteiger charge is 2.40. The second-order valence-corrected chi connectivity index (χ2v) is 8.68. The van der Waals surface area contributed by atoms with Gasteiger partial charge in [0, 0.05) is 24.8 Å². The van der Waals surface area contributed by atoms with E-state index in [0.717, 1.165) is 12.1 Å². The Balaban J connectivity index is 1.42. The van der Waals surface area contributed by atoms with Crippen LogP contribution in [0.2, 0.25) is 0 Å². The number of anilines is 3. The summed E-state index contributed by atoms with van der Waals surface area (Å²) < 4.78 is 45.0. The molecule has 3 N–H and O–H groups in total. The second kappa shape index (κ2) is 9.82. The molecule has 0 saturated carbocycles. The van der Waals surface area contributed by atoms with E-state index in [1.54, 1.807) is 18.2 Å². The third kappa shape index (κ3) is 5.13. The third-order valence-electron chi connectivity index (χ3n) is 6.14. The van der Waals surface area contributed by atoms with E-state index in [4.69, 9.17) is 9.84 Å². The number of benzene rings is 1. The van der Waals surface area contributed by atoms with Crippen molar-refractivity contribution >= 4 is 23.4 Å². The maximum atomic E-state index is 13.4. The maximum Gasteiger partial charge on any atom is 0.416 e. The summed E-state index contributed by atoms with van der Waals surface area (Å²) >= 11 is 0. The molecule has 2 aromatic heterocycles. The van der Waals surface area contributed by atoms with Gasteiger partial charge in [-0.3, -0.25) is 10.2 Å². The number of aromatic nitrogens is 3. The number of aliphatic hydroxyl groups excluding tert-OH is 2. The van der Waals surface area contributed by atoms with Crippen molar-refractivity contribution in [3.8, 4) is 17.3 Å². The van der Waals surface area contributed by atoms with Gasteiger partial charge in [0.15, 0.2) is 5.82 Å². The molecule has 0 aliphatic carbocycles. The first-order chi connectivity index (χ1) is 17.7. The van der Waals surface area contributed by atoms with Gasteiger partial charge in [0.1, 0.15) is 18.5 Å². The Morgan fingerprint density at radius 3 is 2.84 bits per heavy atom. The van der Waals surface area contributed by atoms with Gasteiger partial charge in [-0.15, -0.1) is 0 Å². The lowest BCUT2D eigenvalue weighted by atomic mass is 10.1. The van der Waals surface area contributed by atoms with Crippen molar-refractivity contribution in [2.24, 2.45) is 0 Å². The zero-order valence-electron chi connectivity index (χ0n) is 19.4. The first-order valence-electron chi connectivity index (χ1n) is 11.5. The molecule has 2 aliphatic heterocycles. The molecule has 2 aliphatic rings. The minimum absolute atomic E-state index is 0.0960. The lowest BCUT2D eigenvalue weighted by Crippen LogP contribution is -2.48. The molecule has 0 radical (unpaired) electrons. The van der Waals surface area contributed by atoms with Gasteiger partial charge in [0.2, 0.25) is 0 Å². The van der Waals surface area contributed by atoms with Crippen molar-refractivity contribution in [1.29, 1.82) is 0 Å². The summed E-state index contributed by atoms with van der Waals surface area (Å²) in [6.07, 6.45) is -3.53. The van der Waals surface area contributed by atoms with Crippen LogP contribution in [0.25, 0.3) is 11.3 Å². The van der Waals surface area contributed by atoms with E-state index in [1.807, 2.05) is 0 Å². The monoisotopic (exact) mass is 516 g/mol. The molecule has 0 spiro atoms. The fourth-order valence-corrected chi connectivity index (χ4v) is 4.36. The molecule has 2 amide bonds. The lowest BCUT2D eigenvalue weighted by Gasteiger charge is -2.35. The number of nitrogens with zero attached hydrogens (tertiary/aromatic N) is 5. The highest BCUT2D eigenvalue weighted by molar-refractivity contribution is 6.04. The van der Waals surface area contributed by atoms with Crippen LogP contribution in [-0.4, -0.2) is 69.6 Å². The molecule has 1 saturated heterocycles. The number of pyridine rings is 1. The third-order valence-corrected chi connectivity index (χ3v) is 6.14. The maximum absolute atomic E-state index is 13.4. The van der Waals surface area contributed by atoms with E-state index in [0.29, 0.717) is 36.7 Å². The Labute approximate surface area is 209 Å². The number of fused-ring (bicyclic) bond motifs is 4. The van der Waals surface area contributed by atoms with Crippen LogP contribution < -0.4 is 19.9 Å². The van der Waals surface area contributed by atoms with Crippen LogP contribution in [0.3, 0.4) is 0 Å². The second-order valence-electron chi connectivity index (χ2n) is 8.68. The van der Waals surface area contributed by atoms with Gasteiger partial charge in [0.05, 0.1) is 29.6 Å². The summed E-state index contributed by atoms with van der Waals surface area (Å²) in [5.74, 6) is 0.488. The number of carbonyl (C=O) groups excluding carboxylic acids is 1. The van der Waals surface area contributed by atoms with E-state index in [1.165, 1.54) is 23.2 Å². The summed E-state index contributed by atoms with van der Waals surface area (Å²) in [5, 5.41) is 21.1. The minimum Gasteiger partial charge on any atom is -0.461 e. The van der Waals surface area contributed by atoms with Gasteiger partial charge >= 0.3 is 18.2 Å². The van der Waals surface area contributed by atoms with Crippen LogP contribution in [0, 0.1) is 0 Å². The fourth-order valence-electron chi connectivity index (χ4n) is 4.36. The Bertz CT molecular complexity index is 1310. The van der Waals surface area contributed by atoms with Crippen molar-refractivity contribution in [2.45, 2.75) is 24.7 Å². The van der Waals surface area contributed by atoms with Crippen molar-refractivity contribution in [1.82, 2.24) is 15.0 Å². The number of ether oxygens (including phenoxy) is 1. The predicted octanol–water partition coefficient (Wildman–Crippen LogP) is 2.92. The standard InChI is InChI=1S/C24H23F3N6O4/c25-24(26,27)15-3-1-2-14(10-15)18-4-5-19-21(29-18)33(16-7-9-32(19)11-16)23(36)31-20-6-8-28-22(30-20)37-13-17(35)12-34/h1-6,8,10,16-17,34-35H,7,9,11-13H2,(H,28,30,31,36)/t16?,17-/m0/s1. The SMILES string of the molecule is O=C(Nc1ccnc(OC[C@@H](O)CO)n1)N1c2nc(-c3cccc(C(F)(F)F)c3)ccc2N2CCC1C2. The average Bonchev–Trinajstić information content (AvgIpc) is 3.31. The summed E-state index contributed by atoms with van der Waals surface area (Å²) in [6.45, 7) is 0.596. The average molecular weight is 516 g/mol. The van der Waals surface area contributed by atoms with Gasteiger partial charge in [-0.2, -0.15) is 18.2 Å². The van der Waals surface area contributed by atoms with Crippen LogP contribution in [0.4, 0.5) is 35.3 Å². The number of alkyl halides is 3. The molecule has 3 aromatic rings. The van der Waals surface area contributed by atoms with Crippen molar-refractivity contribution in [3.05, 3.63) is 54.2 Å². The number of aliphatic hydroxyl groups is 2. The van der Waals surface area contributed by atoms with E-state index in [9.17, 15) is 23.1 Å². The molecule has 2 atom stereocenters. The lowest BCUT2D eigenvalue weighted by molar-refractivity contribution is -0.137. The molecule has 5 rings (SSSR count). The minimum atomic E-state index is -4.49. The summed E-state index contributed by atoms with van der Waals surface area (Å²) in [7, 11) is 0. The summed E-state index contributed by atoms with van der Waals surface area (Å²) in [4.78, 5) is 29.6. The van der Waals surface area contributed by atoms with Crippen LogP contribution in [0.5, 0.6) is 6.01 Å². The number of carbonyl (C=O) groups is 1.